The van der Waals surface area contributed by atoms with E-state index < -0.39 is 35.5 Å². The van der Waals surface area contributed by atoms with E-state index in [0.717, 1.165) is 63.5 Å². The van der Waals surface area contributed by atoms with Crippen molar-refractivity contribution in [3.05, 3.63) is 47.0 Å². The summed E-state index contributed by atoms with van der Waals surface area (Å²) in [6.07, 6.45) is 23.9. The molecule has 2 rings (SSSR count). The molecule has 310 valence electrons. The number of rotatable bonds is 31. The second-order valence-electron chi connectivity index (χ2n) is 14.7. The zero-order chi connectivity index (χ0) is 40.0. The van der Waals surface area contributed by atoms with Gasteiger partial charge in [-0.2, -0.15) is 0 Å². The van der Waals surface area contributed by atoms with Crippen LogP contribution in [0.4, 0.5) is 0 Å². The van der Waals surface area contributed by atoms with Crippen molar-refractivity contribution in [2.24, 2.45) is 0 Å². The normalized spacial score (nSPS) is 15.7. The van der Waals surface area contributed by atoms with Crippen molar-refractivity contribution < 1.29 is 42.9 Å². The number of hydrogen-bond donors (Lipinski definition) is 1. The van der Waals surface area contributed by atoms with Crippen LogP contribution in [-0.4, -0.2) is 55.7 Å². The number of benzene rings is 1. The fraction of sp³-hybridized carbons (Fsp3) is 0.705. The van der Waals surface area contributed by atoms with E-state index in [2.05, 4.69) is 19.2 Å². The molecule has 1 N–H and O–H groups in total. The summed E-state index contributed by atoms with van der Waals surface area (Å²) in [5, 5.41) is 3.53. The maximum atomic E-state index is 13.1. The van der Waals surface area contributed by atoms with E-state index in [1.165, 1.54) is 64.2 Å². The average Bonchev–Trinajstić information content (AvgIpc) is 3.17. The highest BCUT2D eigenvalue weighted by molar-refractivity contribution is 6.31. The first kappa shape index (κ1) is 47.9. The summed E-state index contributed by atoms with van der Waals surface area (Å²) in [6, 6.07) is 7.09. The summed E-state index contributed by atoms with van der Waals surface area (Å²) in [7, 11) is 0. The first-order valence-electron chi connectivity index (χ1n) is 21.1. The summed E-state index contributed by atoms with van der Waals surface area (Å²) >= 11 is 6.45. The molecule has 0 amide bonds. The summed E-state index contributed by atoms with van der Waals surface area (Å²) in [5.41, 5.74) is -0.450. The molecule has 0 saturated heterocycles. The monoisotopic (exact) mass is 789 g/mol. The van der Waals surface area contributed by atoms with Crippen molar-refractivity contribution in [3.8, 4) is 0 Å². The number of nitrogens with one attached hydrogen (secondary N) is 1. The lowest BCUT2D eigenvalue weighted by Crippen LogP contribution is -2.52. The lowest BCUT2D eigenvalue weighted by molar-refractivity contribution is -0.163. The van der Waals surface area contributed by atoms with Gasteiger partial charge < -0.3 is 18.9 Å². The number of carbonyl (C=O) groups is 5. The maximum Gasteiger partial charge on any atom is 0.332 e. The van der Waals surface area contributed by atoms with Crippen LogP contribution in [0, 0.1) is 0 Å². The second kappa shape index (κ2) is 30.0. The number of unbranched alkanes of at least 4 members (excludes halogenated alkanes) is 16. The molecule has 0 spiro atoms. The Morgan fingerprint density at radius 2 is 1.18 bits per heavy atom. The molecule has 1 atom stereocenters. The third kappa shape index (κ3) is 21.0. The van der Waals surface area contributed by atoms with Gasteiger partial charge in [-0.05, 0) is 37.3 Å². The van der Waals surface area contributed by atoms with E-state index in [1.54, 1.807) is 24.3 Å². The summed E-state index contributed by atoms with van der Waals surface area (Å²) < 4.78 is 21.5. The molecule has 1 fully saturated rings. The smallest absolute Gasteiger partial charge is 0.332 e. The largest absolute Gasteiger partial charge is 0.462 e. The molecular formula is C44H68ClNO9. The van der Waals surface area contributed by atoms with Crippen LogP contribution in [0.2, 0.25) is 5.02 Å². The highest BCUT2D eigenvalue weighted by Crippen LogP contribution is 2.38. The van der Waals surface area contributed by atoms with Crippen LogP contribution in [0.1, 0.15) is 174 Å². The van der Waals surface area contributed by atoms with Gasteiger partial charge in [0.05, 0.1) is 0 Å². The van der Waals surface area contributed by atoms with Gasteiger partial charge in [0.1, 0.15) is 25.5 Å². The standard InChI is InChI=1S/C44H68ClNO9/c1-3-5-7-9-11-13-15-17-19-28-40(48)52-33-36(34-53-41(49)29-20-18-16-14-12-10-8-6-4-2)55-43(51)31-30-42(50)54-35-46-44(32-24-23-27-39(44)47)37-25-21-22-26-38(37)45/h21-22,25-26,30-31,36,46H,3-20,23-24,27-29,32-35H2,1-2H3/b31-30+. The van der Waals surface area contributed by atoms with Crippen LogP contribution in [0.15, 0.2) is 36.4 Å². The molecule has 0 heterocycles. The van der Waals surface area contributed by atoms with Crippen LogP contribution in [0.3, 0.4) is 0 Å². The van der Waals surface area contributed by atoms with Gasteiger partial charge in [0.25, 0.3) is 0 Å². The van der Waals surface area contributed by atoms with Crippen molar-refractivity contribution in [1.29, 1.82) is 0 Å². The molecule has 1 aliphatic rings. The minimum Gasteiger partial charge on any atom is -0.462 e. The molecule has 0 radical (unpaired) electrons. The van der Waals surface area contributed by atoms with E-state index in [1.807, 2.05) is 0 Å². The highest BCUT2D eigenvalue weighted by Gasteiger charge is 2.42. The quantitative estimate of drug-likeness (QED) is 0.0255. The minimum atomic E-state index is -1.08. The number of Topliss-reactive ketones (excluding diaryl/α,β-unsaturated/α-hetero) is 1. The Hall–Kier alpha value is -3.24. The molecular weight excluding hydrogens is 722 g/mol. The topological polar surface area (TPSA) is 134 Å². The summed E-state index contributed by atoms with van der Waals surface area (Å²) in [5.74, 6) is -2.59. The molecule has 55 heavy (non-hydrogen) atoms. The Morgan fingerprint density at radius 3 is 1.69 bits per heavy atom. The van der Waals surface area contributed by atoms with Gasteiger partial charge in [-0.25, -0.2) is 9.59 Å². The number of ether oxygens (including phenoxy) is 4. The number of carbonyl (C=O) groups excluding carboxylic acids is 5. The van der Waals surface area contributed by atoms with Gasteiger partial charge >= 0.3 is 23.9 Å². The lowest BCUT2D eigenvalue weighted by atomic mass is 9.75. The number of ketones is 1. The first-order chi connectivity index (χ1) is 26.7. The van der Waals surface area contributed by atoms with E-state index in [9.17, 15) is 24.0 Å². The number of hydrogen-bond acceptors (Lipinski definition) is 10. The van der Waals surface area contributed by atoms with Gasteiger partial charge in [-0.1, -0.05) is 153 Å². The van der Waals surface area contributed by atoms with Gasteiger partial charge in [0, 0.05) is 36.4 Å². The lowest BCUT2D eigenvalue weighted by Gasteiger charge is -2.37. The Bertz CT molecular complexity index is 1260. The first-order valence-corrected chi connectivity index (χ1v) is 21.5. The van der Waals surface area contributed by atoms with E-state index in [-0.39, 0.29) is 38.6 Å². The maximum absolute atomic E-state index is 13.1. The third-order valence-electron chi connectivity index (χ3n) is 10.1. The zero-order valence-electron chi connectivity index (χ0n) is 33.7. The molecule has 11 heteroatoms. The molecule has 0 bridgehead atoms. The van der Waals surface area contributed by atoms with Crippen molar-refractivity contribution in [1.82, 2.24) is 5.32 Å². The van der Waals surface area contributed by atoms with Crippen molar-refractivity contribution in [2.75, 3.05) is 19.9 Å². The molecule has 1 aliphatic carbocycles. The van der Waals surface area contributed by atoms with E-state index in [0.29, 0.717) is 36.3 Å². The molecule has 1 unspecified atom stereocenters. The van der Waals surface area contributed by atoms with Gasteiger partial charge in [-0.15, -0.1) is 0 Å². The van der Waals surface area contributed by atoms with Gasteiger partial charge in [0.15, 0.2) is 11.9 Å². The molecule has 0 aliphatic heterocycles. The van der Waals surface area contributed by atoms with E-state index >= 15 is 0 Å². The highest BCUT2D eigenvalue weighted by atomic mass is 35.5. The second-order valence-corrected chi connectivity index (χ2v) is 15.1. The van der Waals surface area contributed by atoms with Crippen LogP contribution < -0.4 is 5.32 Å². The molecule has 1 aromatic carbocycles. The SMILES string of the molecule is CCCCCCCCCCCC(=O)OCC(COC(=O)CCCCCCCCCCC)OC(=O)/C=C/C(=O)OCNC1(c2ccccc2Cl)CCCCC1=O. The zero-order valence-corrected chi connectivity index (χ0v) is 34.4. The Labute approximate surface area is 335 Å². The van der Waals surface area contributed by atoms with Crippen LogP contribution >= 0.6 is 11.6 Å². The van der Waals surface area contributed by atoms with Crippen LogP contribution in [0.5, 0.6) is 0 Å². The Balaban J connectivity index is 1.84. The average molecular weight is 790 g/mol. The molecule has 1 saturated carbocycles. The number of halogens is 1. The fourth-order valence-corrected chi connectivity index (χ4v) is 7.11. The minimum absolute atomic E-state index is 0.0317. The summed E-state index contributed by atoms with van der Waals surface area (Å²) in [4.78, 5) is 63.3. The van der Waals surface area contributed by atoms with Crippen LogP contribution in [0.25, 0.3) is 0 Å². The Kier molecular flexibility index (Phi) is 26.1. The van der Waals surface area contributed by atoms with E-state index in [4.69, 9.17) is 30.5 Å². The van der Waals surface area contributed by atoms with Crippen molar-refractivity contribution in [2.45, 2.75) is 180 Å². The van der Waals surface area contributed by atoms with Crippen LogP contribution in [-0.2, 0) is 48.5 Å². The number of esters is 4. The molecule has 0 aromatic heterocycles. The molecule has 1 aromatic rings. The van der Waals surface area contributed by atoms with Crippen molar-refractivity contribution >= 4 is 41.3 Å². The predicted octanol–water partition coefficient (Wildman–Crippen LogP) is 10.2. The summed E-state index contributed by atoms with van der Waals surface area (Å²) in [6.45, 7) is 3.55. The van der Waals surface area contributed by atoms with Crippen molar-refractivity contribution in [3.63, 3.8) is 0 Å². The van der Waals surface area contributed by atoms with Gasteiger partial charge in [-0.3, -0.25) is 19.7 Å². The van der Waals surface area contributed by atoms with Gasteiger partial charge in [0.2, 0.25) is 0 Å². The Morgan fingerprint density at radius 1 is 0.691 bits per heavy atom. The third-order valence-corrected chi connectivity index (χ3v) is 10.4. The predicted molar refractivity (Wildman–Crippen MR) is 215 cm³/mol. The molecule has 10 nitrogen and oxygen atoms in total. The fourth-order valence-electron chi connectivity index (χ4n) is 6.81.